The highest BCUT2D eigenvalue weighted by Crippen LogP contribution is 2.33. The highest BCUT2D eigenvalue weighted by atomic mass is 19.1. The Bertz CT molecular complexity index is 650. The third kappa shape index (κ3) is 1.78. The van der Waals surface area contributed by atoms with Crippen LogP contribution in [0.4, 0.5) is 10.1 Å². The Labute approximate surface area is 103 Å². The van der Waals surface area contributed by atoms with Gasteiger partial charge in [-0.1, -0.05) is 0 Å². The first-order valence-corrected chi connectivity index (χ1v) is 5.47. The van der Waals surface area contributed by atoms with E-state index < -0.39 is 0 Å². The van der Waals surface area contributed by atoms with Gasteiger partial charge in [-0.25, -0.2) is 4.39 Å². The Morgan fingerprint density at radius 3 is 2.72 bits per heavy atom. The predicted octanol–water partition coefficient (Wildman–Crippen LogP) is 2.71. The van der Waals surface area contributed by atoms with Crippen molar-refractivity contribution >= 4 is 23.2 Å². The molecule has 3 rings (SSSR count). The number of carbonyl (C=O) groups is 1. The molecule has 0 aliphatic carbocycles. The molecule has 0 radical (unpaired) electrons. The van der Waals surface area contributed by atoms with E-state index in [2.05, 4.69) is 10.3 Å². The summed E-state index contributed by atoms with van der Waals surface area (Å²) in [5.41, 5.74) is 2.56. The van der Waals surface area contributed by atoms with Crippen molar-refractivity contribution < 1.29 is 9.18 Å². The molecule has 3 nitrogen and oxygen atoms in total. The molecule has 0 atom stereocenters. The van der Waals surface area contributed by atoms with Gasteiger partial charge in [0.2, 0.25) is 0 Å². The largest absolute Gasteiger partial charge is 0.321 e. The van der Waals surface area contributed by atoms with Crippen molar-refractivity contribution in [1.29, 1.82) is 0 Å². The van der Waals surface area contributed by atoms with Crippen molar-refractivity contribution in [3.63, 3.8) is 0 Å². The molecule has 1 aromatic heterocycles. The second-order valence-electron chi connectivity index (χ2n) is 3.98. The molecule has 0 spiro atoms. The zero-order chi connectivity index (χ0) is 12.5. The average Bonchev–Trinajstić information content (AvgIpc) is 2.67. The van der Waals surface area contributed by atoms with E-state index in [4.69, 9.17) is 0 Å². The number of nitrogens with one attached hydrogen (secondary N) is 1. The second kappa shape index (κ2) is 4.07. The van der Waals surface area contributed by atoms with Gasteiger partial charge in [0, 0.05) is 29.2 Å². The van der Waals surface area contributed by atoms with Gasteiger partial charge in [-0.15, -0.1) is 0 Å². The number of fused-ring (bicyclic) bond motifs is 1. The summed E-state index contributed by atoms with van der Waals surface area (Å²) < 4.78 is 13.2. The van der Waals surface area contributed by atoms with E-state index in [0.717, 1.165) is 5.56 Å². The lowest BCUT2D eigenvalue weighted by molar-refractivity contribution is -0.110. The molecule has 88 valence electrons. The zero-order valence-electron chi connectivity index (χ0n) is 9.35. The van der Waals surface area contributed by atoms with Gasteiger partial charge >= 0.3 is 0 Å². The molecular weight excluding hydrogens is 231 g/mol. The molecule has 0 fully saturated rings. The van der Waals surface area contributed by atoms with Gasteiger partial charge < -0.3 is 5.32 Å². The zero-order valence-corrected chi connectivity index (χ0v) is 9.35. The standard InChI is InChI=1S/C14H9FN2O/c15-10-1-2-13-11(8-10)12(14(18)17-13)7-9-3-5-16-6-4-9/h1-8H,(H,17,18)/b12-7+. The smallest absolute Gasteiger partial charge is 0.256 e. The SMILES string of the molecule is O=C1Nc2ccc(F)cc2/C1=C\c1ccncc1. The Morgan fingerprint density at radius 2 is 1.94 bits per heavy atom. The number of pyridine rings is 1. The van der Waals surface area contributed by atoms with Crippen molar-refractivity contribution in [3.8, 4) is 0 Å². The molecule has 0 saturated heterocycles. The Hall–Kier alpha value is -2.49. The first kappa shape index (κ1) is 10.7. The number of benzene rings is 1. The molecule has 1 aliphatic rings. The molecule has 1 N–H and O–H groups in total. The first-order chi connectivity index (χ1) is 8.74. The summed E-state index contributed by atoms with van der Waals surface area (Å²) in [6.45, 7) is 0. The van der Waals surface area contributed by atoms with Gasteiger partial charge in [-0.3, -0.25) is 9.78 Å². The number of amides is 1. The van der Waals surface area contributed by atoms with Gasteiger partial charge in [-0.05, 0) is 42.0 Å². The third-order valence-electron chi connectivity index (χ3n) is 2.78. The van der Waals surface area contributed by atoms with Gasteiger partial charge in [0.25, 0.3) is 5.91 Å². The average molecular weight is 240 g/mol. The van der Waals surface area contributed by atoms with E-state index in [1.165, 1.54) is 12.1 Å². The number of rotatable bonds is 1. The Morgan fingerprint density at radius 1 is 1.17 bits per heavy atom. The summed E-state index contributed by atoms with van der Waals surface area (Å²) in [6.07, 6.45) is 5.01. The van der Waals surface area contributed by atoms with Crippen molar-refractivity contribution in [1.82, 2.24) is 4.98 Å². The summed E-state index contributed by atoms with van der Waals surface area (Å²) in [7, 11) is 0. The van der Waals surface area contributed by atoms with Crippen molar-refractivity contribution in [2.75, 3.05) is 5.32 Å². The van der Waals surface area contributed by atoms with E-state index in [1.54, 1.807) is 36.7 Å². The number of hydrogen-bond donors (Lipinski definition) is 1. The minimum Gasteiger partial charge on any atom is -0.321 e. The minimum atomic E-state index is -0.356. The van der Waals surface area contributed by atoms with E-state index in [0.29, 0.717) is 16.8 Å². The van der Waals surface area contributed by atoms with Crippen LogP contribution in [0.15, 0.2) is 42.7 Å². The molecule has 18 heavy (non-hydrogen) atoms. The summed E-state index contributed by atoms with van der Waals surface area (Å²) in [5, 5.41) is 2.71. The Kier molecular flexibility index (Phi) is 2.41. The van der Waals surface area contributed by atoms with Gasteiger partial charge in [0.1, 0.15) is 5.82 Å². The highest BCUT2D eigenvalue weighted by molar-refractivity contribution is 6.34. The minimum absolute atomic E-state index is 0.215. The van der Waals surface area contributed by atoms with Crippen molar-refractivity contribution in [2.24, 2.45) is 0 Å². The normalized spacial score (nSPS) is 15.6. The quantitative estimate of drug-likeness (QED) is 0.779. The number of aromatic nitrogens is 1. The summed E-state index contributed by atoms with van der Waals surface area (Å²) in [4.78, 5) is 15.7. The van der Waals surface area contributed by atoms with E-state index >= 15 is 0 Å². The molecular formula is C14H9FN2O. The number of anilines is 1. The second-order valence-corrected chi connectivity index (χ2v) is 3.98. The highest BCUT2D eigenvalue weighted by Gasteiger charge is 2.24. The van der Waals surface area contributed by atoms with Crippen LogP contribution in [-0.2, 0) is 4.79 Å². The summed E-state index contributed by atoms with van der Waals surface area (Å²) in [6, 6.07) is 7.83. The lowest BCUT2D eigenvalue weighted by Crippen LogP contribution is -2.03. The maximum Gasteiger partial charge on any atom is 0.256 e. The fraction of sp³-hybridized carbons (Fsp3) is 0. The predicted molar refractivity (Wildman–Crippen MR) is 67.1 cm³/mol. The van der Waals surface area contributed by atoms with Gasteiger partial charge in [-0.2, -0.15) is 0 Å². The molecule has 4 heteroatoms. The van der Waals surface area contributed by atoms with Crippen LogP contribution in [0.25, 0.3) is 11.6 Å². The summed E-state index contributed by atoms with van der Waals surface area (Å²) in [5.74, 6) is -0.571. The van der Waals surface area contributed by atoms with Gasteiger partial charge in [0.05, 0.1) is 0 Å². The molecule has 1 aliphatic heterocycles. The lowest BCUT2D eigenvalue weighted by Gasteiger charge is -1.98. The molecule has 2 heterocycles. The first-order valence-electron chi connectivity index (χ1n) is 5.47. The molecule has 1 amide bonds. The van der Waals surface area contributed by atoms with Crippen LogP contribution in [-0.4, -0.2) is 10.9 Å². The fourth-order valence-electron chi connectivity index (χ4n) is 1.93. The van der Waals surface area contributed by atoms with E-state index in [-0.39, 0.29) is 11.7 Å². The monoisotopic (exact) mass is 240 g/mol. The van der Waals surface area contributed by atoms with Crippen molar-refractivity contribution in [3.05, 3.63) is 59.7 Å². The van der Waals surface area contributed by atoms with Crippen LogP contribution < -0.4 is 5.32 Å². The van der Waals surface area contributed by atoms with E-state index in [1.807, 2.05) is 0 Å². The topological polar surface area (TPSA) is 42.0 Å². The number of nitrogens with zero attached hydrogens (tertiary/aromatic N) is 1. The maximum atomic E-state index is 13.2. The maximum absolute atomic E-state index is 13.2. The Balaban J connectivity index is 2.12. The van der Waals surface area contributed by atoms with E-state index in [9.17, 15) is 9.18 Å². The molecule has 1 aromatic carbocycles. The van der Waals surface area contributed by atoms with Crippen LogP contribution in [0.3, 0.4) is 0 Å². The van der Waals surface area contributed by atoms with Crippen LogP contribution in [0.5, 0.6) is 0 Å². The number of halogens is 1. The third-order valence-corrected chi connectivity index (χ3v) is 2.78. The molecule has 0 saturated carbocycles. The molecule has 0 unspecified atom stereocenters. The van der Waals surface area contributed by atoms with Gasteiger partial charge in [0.15, 0.2) is 0 Å². The van der Waals surface area contributed by atoms with Crippen LogP contribution >= 0.6 is 0 Å². The number of carbonyl (C=O) groups excluding carboxylic acids is 1. The van der Waals surface area contributed by atoms with Crippen LogP contribution in [0.1, 0.15) is 11.1 Å². The van der Waals surface area contributed by atoms with Crippen molar-refractivity contribution in [2.45, 2.75) is 0 Å². The molecule has 0 bridgehead atoms. The lowest BCUT2D eigenvalue weighted by atomic mass is 10.0. The molecule has 2 aromatic rings. The van der Waals surface area contributed by atoms with Crippen LogP contribution in [0, 0.1) is 5.82 Å². The fourth-order valence-corrected chi connectivity index (χ4v) is 1.93. The number of hydrogen-bond acceptors (Lipinski definition) is 2. The van der Waals surface area contributed by atoms with Crippen LogP contribution in [0.2, 0.25) is 0 Å². The summed E-state index contributed by atoms with van der Waals surface area (Å²) >= 11 is 0.